The summed E-state index contributed by atoms with van der Waals surface area (Å²) in [7, 11) is 0. The average Bonchev–Trinajstić information content (AvgIpc) is 3.42. The molecule has 1 saturated carbocycles. The summed E-state index contributed by atoms with van der Waals surface area (Å²) in [6, 6.07) is 30.0. The molecule has 4 aromatic rings. The van der Waals surface area contributed by atoms with Gasteiger partial charge in [-0.3, -0.25) is 4.79 Å². The van der Waals surface area contributed by atoms with E-state index in [4.69, 9.17) is 19.3 Å². The first-order chi connectivity index (χ1) is 20.6. The highest BCUT2D eigenvalue weighted by Crippen LogP contribution is 2.44. The van der Waals surface area contributed by atoms with Crippen LogP contribution in [0, 0.1) is 5.92 Å². The number of hydrogen-bond donors (Lipinski definition) is 0. The average molecular weight is 561 g/mol. The Morgan fingerprint density at radius 3 is 2.21 bits per heavy atom. The van der Waals surface area contributed by atoms with Crippen molar-refractivity contribution in [2.75, 3.05) is 19.8 Å². The summed E-state index contributed by atoms with van der Waals surface area (Å²) in [5.41, 5.74) is 4.31. The van der Waals surface area contributed by atoms with Crippen molar-refractivity contribution in [2.24, 2.45) is 11.0 Å². The zero-order valence-electron chi connectivity index (χ0n) is 24.2. The molecule has 0 unspecified atom stereocenters. The van der Waals surface area contributed by atoms with Crippen LogP contribution in [-0.4, -0.2) is 36.4 Å². The second kappa shape index (κ2) is 12.5. The molecule has 6 heteroatoms. The first-order valence-electron chi connectivity index (χ1n) is 14.8. The minimum absolute atomic E-state index is 0.0900. The van der Waals surface area contributed by atoms with Crippen LogP contribution in [0.2, 0.25) is 0 Å². The van der Waals surface area contributed by atoms with Crippen LogP contribution >= 0.6 is 0 Å². The minimum Gasteiger partial charge on any atom is -0.494 e. The number of rotatable bonds is 9. The van der Waals surface area contributed by atoms with Crippen LogP contribution < -0.4 is 14.2 Å². The lowest BCUT2D eigenvalue weighted by molar-refractivity contribution is -0.135. The highest BCUT2D eigenvalue weighted by Gasteiger charge is 2.43. The Morgan fingerprint density at radius 2 is 1.50 bits per heavy atom. The summed E-state index contributed by atoms with van der Waals surface area (Å²) in [5.74, 6) is 2.29. The summed E-state index contributed by atoms with van der Waals surface area (Å²) >= 11 is 0. The fourth-order valence-corrected chi connectivity index (χ4v) is 5.96. The zero-order valence-corrected chi connectivity index (χ0v) is 24.2. The van der Waals surface area contributed by atoms with Crippen LogP contribution in [0.3, 0.4) is 0 Å². The Bertz CT molecular complexity index is 1610. The minimum atomic E-state index is -0.201. The smallest absolute Gasteiger partial charge is 0.281 e. The summed E-state index contributed by atoms with van der Waals surface area (Å²) in [6.07, 6.45) is 5.13. The standard InChI is InChI=1S/C36H36N2O4/c1-3-40-30-17-12-25(13-18-30)22-29-10-7-11-33-35(29)37-38(36(33)27-15-19-31(20-16-27)41-4-2)34(39)24-42-32-21-14-26-8-5-6-9-28(26)23-32/h5-6,8-9,12-23,33,36H,3-4,7,10-11,24H2,1-2H3/b29-22-/t33-,36+/m1/s1. The van der Waals surface area contributed by atoms with Crippen LogP contribution in [-0.2, 0) is 4.79 Å². The fourth-order valence-electron chi connectivity index (χ4n) is 5.96. The molecule has 0 saturated heterocycles. The molecule has 0 aromatic heterocycles. The monoisotopic (exact) mass is 560 g/mol. The third-order valence-electron chi connectivity index (χ3n) is 7.90. The largest absolute Gasteiger partial charge is 0.494 e. The number of benzene rings is 4. The van der Waals surface area contributed by atoms with Crippen LogP contribution in [0.15, 0.2) is 102 Å². The van der Waals surface area contributed by atoms with E-state index in [9.17, 15) is 4.79 Å². The normalized spacial score (nSPS) is 19.0. The zero-order chi connectivity index (χ0) is 28.9. The summed E-state index contributed by atoms with van der Waals surface area (Å²) in [5, 5.41) is 8.88. The van der Waals surface area contributed by atoms with Crippen LogP contribution in [0.25, 0.3) is 16.8 Å². The van der Waals surface area contributed by atoms with Gasteiger partial charge in [0.05, 0.1) is 25.0 Å². The first kappa shape index (κ1) is 27.6. The van der Waals surface area contributed by atoms with Crippen LogP contribution in [0.5, 0.6) is 17.2 Å². The lowest BCUT2D eigenvalue weighted by Gasteiger charge is -2.29. The highest BCUT2D eigenvalue weighted by molar-refractivity contribution is 6.08. The van der Waals surface area contributed by atoms with E-state index in [1.54, 1.807) is 5.01 Å². The molecular formula is C36H36N2O4. The number of hydrazone groups is 1. The van der Waals surface area contributed by atoms with Gasteiger partial charge in [0.25, 0.3) is 5.91 Å². The van der Waals surface area contributed by atoms with Crippen molar-refractivity contribution in [2.45, 2.75) is 39.2 Å². The number of amides is 1. The number of ether oxygens (including phenoxy) is 3. The van der Waals surface area contributed by atoms with Gasteiger partial charge in [0.1, 0.15) is 17.2 Å². The predicted molar refractivity (Wildman–Crippen MR) is 167 cm³/mol. The number of hydrogen-bond acceptors (Lipinski definition) is 5. The number of allylic oxidation sites excluding steroid dienone is 1. The van der Waals surface area contributed by atoms with Gasteiger partial charge in [-0.15, -0.1) is 0 Å². The van der Waals surface area contributed by atoms with E-state index in [0.717, 1.165) is 58.4 Å². The van der Waals surface area contributed by atoms with Crippen molar-refractivity contribution in [3.8, 4) is 17.2 Å². The lowest BCUT2D eigenvalue weighted by Crippen LogP contribution is -2.34. The second-order valence-corrected chi connectivity index (χ2v) is 10.6. The van der Waals surface area contributed by atoms with Gasteiger partial charge >= 0.3 is 0 Å². The van der Waals surface area contributed by atoms with E-state index in [0.29, 0.717) is 19.0 Å². The van der Waals surface area contributed by atoms with Crippen molar-refractivity contribution in [1.29, 1.82) is 0 Å². The number of nitrogens with zero attached hydrogens (tertiary/aromatic N) is 2. The third kappa shape index (κ3) is 5.89. The Labute approximate surface area is 247 Å². The topological polar surface area (TPSA) is 60.4 Å². The fraction of sp³-hybridized carbons (Fsp3) is 0.278. The molecule has 6 rings (SSSR count). The highest BCUT2D eigenvalue weighted by atomic mass is 16.5. The number of carbonyl (C=O) groups is 1. The molecule has 42 heavy (non-hydrogen) atoms. The van der Waals surface area contributed by atoms with E-state index in [1.807, 2.05) is 74.5 Å². The summed E-state index contributed by atoms with van der Waals surface area (Å²) < 4.78 is 17.3. The van der Waals surface area contributed by atoms with Crippen molar-refractivity contribution in [1.82, 2.24) is 5.01 Å². The molecule has 2 atom stereocenters. The lowest BCUT2D eigenvalue weighted by atomic mass is 9.77. The molecule has 6 nitrogen and oxygen atoms in total. The van der Waals surface area contributed by atoms with Gasteiger partial charge in [0.2, 0.25) is 0 Å². The maximum Gasteiger partial charge on any atom is 0.281 e. The third-order valence-corrected chi connectivity index (χ3v) is 7.90. The van der Waals surface area contributed by atoms with Crippen molar-refractivity contribution >= 4 is 28.5 Å². The second-order valence-electron chi connectivity index (χ2n) is 10.6. The van der Waals surface area contributed by atoms with Crippen molar-refractivity contribution < 1.29 is 19.0 Å². The van der Waals surface area contributed by atoms with E-state index in [1.165, 1.54) is 5.57 Å². The molecule has 0 radical (unpaired) electrons. The van der Waals surface area contributed by atoms with E-state index < -0.39 is 0 Å². The quantitative estimate of drug-likeness (QED) is 0.209. The molecular weight excluding hydrogens is 524 g/mol. The molecule has 0 bridgehead atoms. The number of fused-ring (bicyclic) bond motifs is 2. The Morgan fingerprint density at radius 1 is 0.833 bits per heavy atom. The van der Waals surface area contributed by atoms with Gasteiger partial charge in [-0.05, 0) is 103 Å². The van der Waals surface area contributed by atoms with Gasteiger partial charge < -0.3 is 14.2 Å². The Balaban J connectivity index is 1.29. The Hall–Kier alpha value is -4.58. The van der Waals surface area contributed by atoms with Crippen molar-refractivity contribution in [3.63, 3.8) is 0 Å². The number of carbonyl (C=O) groups excluding carboxylic acids is 1. The Kier molecular flexibility index (Phi) is 8.22. The van der Waals surface area contributed by atoms with Gasteiger partial charge in [-0.1, -0.05) is 54.6 Å². The van der Waals surface area contributed by atoms with E-state index in [2.05, 4.69) is 36.4 Å². The van der Waals surface area contributed by atoms with Gasteiger partial charge in [-0.2, -0.15) is 5.10 Å². The van der Waals surface area contributed by atoms with Gasteiger partial charge in [-0.25, -0.2) is 5.01 Å². The van der Waals surface area contributed by atoms with Crippen LogP contribution in [0.1, 0.15) is 50.3 Å². The first-order valence-corrected chi connectivity index (χ1v) is 14.8. The molecule has 4 aromatic carbocycles. The molecule has 0 N–H and O–H groups in total. The summed E-state index contributed by atoms with van der Waals surface area (Å²) in [4.78, 5) is 13.8. The van der Waals surface area contributed by atoms with Crippen LogP contribution in [0.4, 0.5) is 0 Å². The molecule has 214 valence electrons. The molecule has 1 aliphatic heterocycles. The maximum atomic E-state index is 13.8. The van der Waals surface area contributed by atoms with E-state index >= 15 is 0 Å². The molecule has 1 aliphatic carbocycles. The SMILES string of the molecule is CCOc1ccc(/C=C2/CCC[C@@H]3C2=NN(C(=O)COc2ccc4ccccc4c2)[C@H]3c2ccc(OCC)cc2)cc1. The molecule has 0 spiro atoms. The van der Waals surface area contributed by atoms with Gasteiger partial charge in [0, 0.05) is 5.92 Å². The van der Waals surface area contributed by atoms with Crippen molar-refractivity contribution in [3.05, 3.63) is 108 Å². The maximum absolute atomic E-state index is 13.8. The predicted octanol–water partition coefficient (Wildman–Crippen LogP) is 7.84. The molecule has 1 amide bonds. The van der Waals surface area contributed by atoms with Gasteiger partial charge in [0.15, 0.2) is 6.61 Å². The van der Waals surface area contributed by atoms with E-state index in [-0.39, 0.29) is 24.5 Å². The molecule has 1 heterocycles. The molecule has 1 fully saturated rings. The summed E-state index contributed by atoms with van der Waals surface area (Å²) in [6.45, 7) is 5.11. The molecule has 2 aliphatic rings.